The lowest BCUT2D eigenvalue weighted by molar-refractivity contribution is -0.189. The van der Waals surface area contributed by atoms with Gasteiger partial charge in [-0.1, -0.05) is 74.5 Å². The lowest BCUT2D eigenvalue weighted by Gasteiger charge is -2.49. The maximum Gasteiger partial charge on any atom is 0.309 e. The number of nitrogens with zero attached hydrogens (tertiary/aromatic N) is 1. The van der Waals surface area contributed by atoms with Crippen molar-refractivity contribution in [3.8, 4) is 0 Å². The van der Waals surface area contributed by atoms with Gasteiger partial charge in [-0.05, 0) is 18.1 Å². The fourth-order valence-corrected chi connectivity index (χ4v) is 3.17. The first-order valence-electron chi connectivity index (χ1n) is 8.63. The average molecular weight is 337 g/mol. The Morgan fingerprint density at radius 2 is 1.52 bits per heavy atom. The Labute approximate surface area is 148 Å². The highest BCUT2D eigenvalue weighted by Gasteiger charge is 2.52. The molecule has 2 unspecified atom stereocenters. The summed E-state index contributed by atoms with van der Waals surface area (Å²) >= 11 is 0. The van der Waals surface area contributed by atoms with Crippen LogP contribution >= 0.6 is 0 Å². The summed E-state index contributed by atoms with van der Waals surface area (Å²) in [4.78, 5) is 26.6. The first kappa shape index (κ1) is 17.2. The van der Waals surface area contributed by atoms with E-state index in [1.165, 1.54) is 0 Å². The Balaban J connectivity index is 1.90. The summed E-state index contributed by atoms with van der Waals surface area (Å²) in [5, 5.41) is 0. The van der Waals surface area contributed by atoms with Crippen LogP contribution in [0, 0.1) is 5.92 Å². The van der Waals surface area contributed by atoms with Gasteiger partial charge in [-0.25, -0.2) is 0 Å². The quantitative estimate of drug-likeness (QED) is 0.614. The lowest BCUT2D eigenvalue weighted by Crippen LogP contribution is -2.61. The molecule has 25 heavy (non-hydrogen) atoms. The van der Waals surface area contributed by atoms with Gasteiger partial charge in [-0.2, -0.15) is 0 Å². The minimum Gasteiger partial charge on any atom is -0.449 e. The van der Waals surface area contributed by atoms with Gasteiger partial charge < -0.3 is 9.64 Å². The maximum atomic E-state index is 12.8. The molecular weight excluding hydrogens is 314 g/mol. The molecule has 4 nitrogen and oxygen atoms in total. The molecule has 0 aliphatic carbocycles. The van der Waals surface area contributed by atoms with Crippen molar-refractivity contribution < 1.29 is 14.3 Å². The first-order valence-corrected chi connectivity index (χ1v) is 8.63. The Kier molecular flexibility index (Phi) is 4.88. The second-order valence-corrected chi connectivity index (χ2v) is 6.70. The van der Waals surface area contributed by atoms with E-state index in [1.54, 1.807) is 13.8 Å². The summed E-state index contributed by atoms with van der Waals surface area (Å²) in [5.41, 5.74) is 2.04. The largest absolute Gasteiger partial charge is 0.449 e. The normalized spacial score (nSPS) is 21.0. The topological polar surface area (TPSA) is 46.6 Å². The molecule has 0 aromatic heterocycles. The molecule has 1 aliphatic heterocycles. The van der Waals surface area contributed by atoms with Gasteiger partial charge in [0.2, 0.25) is 6.10 Å². The third-order valence-corrected chi connectivity index (χ3v) is 4.64. The van der Waals surface area contributed by atoms with E-state index in [9.17, 15) is 9.59 Å². The first-order chi connectivity index (χ1) is 12.0. The fourth-order valence-electron chi connectivity index (χ4n) is 3.17. The van der Waals surface area contributed by atoms with Crippen LogP contribution in [0.3, 0.4) is 0 Å². The molecule has 2 aromatic rings. The van der Waals surface area contributed by atoms with E-state index < -0.39 is 6.10 Å². The zero-order chi connectivity index (χ0) is 18.0. The number of benzene rings is 2. The number of esters is 1. The number of hydrogen-bond donors (Lipinski definition) is 0. The van der Waals surface area contributed by atoms with Crippen molar-refractivity contribution in [1.82, 2.24) is 4.90 Å². The highest BCUT2D eigenvalue weighted by atomic mass is 16.6. The van der Waals surface area contributed by atoms with Crippen molar-refractivity contribution in [3.05, 3.63) is 71.8 Å². The molecular formula is C21H23NO3. The predicted molar refractivity (Wildman–Crippen MR) is 95.6 cm³/mol. The average Bonchev–Trinajstić information content (AvgIpc) is 2.64. The minimum atomic E-state index is -0.747. The summed E-state index contributed by atoms with van der Waals surface area (Å²) in [6.45, 7) is 5.55. The molecule has 0 spiro atoms. The molecule has 3 rings (SSSR count). The van der Waals surface area contributed by atoms with Crippen molar-refractivity contribution >= 4 is 11.9 Å². The Morgan fingerprint density at radius 1 is 0.960 bits per heavy atom. The molecule has 0 radical (unpaired) electrons. The second-order valence-electron chi connectivity index (χ2n) is 6.70. The highest BCUT2D eigenvalue weighted by Crippen LogP contribution is 2.43. The Hall–Kier alpha value is -2.62. The van der Waals surface area contributed by atoms with Gasteiger partial charge in [-0.15, -0.1) is 0 Å². The van der Waals surface area contributed by atoms with Crippen LogP contribution in [0.4, 0.5) is 0 Å². The van der Waals surface area contributed by atoms with Crippen molar-refractivity contribution in [3.63, 3.8) is 0 Å². The van der Waals surface area contributed by atoms with Gasteiger partial charge in [0.15, 0.2) is 0 Å². The van der Waals surface area contributed by atoms with Crippen LogP contribution in [0.15, 0.2) is 60.7 Å². The molecule has 1 heterocycles. The third-order valence-electron chi connectivity index (χ3n) is 4.64. The van der Waals surface area contributed by atoms with Crippen molar-refractivity contribution in [1.29, 1.82) is 0 Å². The number of carbonyl (C=O) groups is 2. The number of carbonyl (C=O) groups excluding carboxylic acids is 2. The lowest BCUT2D eigenvalue weighted by atomic mass is 9.87. The number of β-lactam (4-membered cyclic amide) rings is 1. The number of amides is 1. The zero-order valence-electron chi connectivity index (χ0n) is 14.8. The molecule has 3 atom stereocenters. The summed E-state index contributed by atoms with van der Waals surface area (Å²) in [6.07, 6.45) is -0.747. The fraction of sp³-hybridized carbons (Fsp3) is 0.333. The van der Waals surface area contributed by atoms with E-state index in [2.05, 4.69) is 0 Å². The summed E-state index contributed by atoms with van der Waals surface area (Å²) in [5.74, 6) is -0.740. The van der Waals surface area contributed by atoms with E-state index in [0.29, 0.717) is 0 Å². The standard InChI is InChI=1S/C21H23NO3/c1-14(2)21(24)25-19-18(17-12-8-5-9-13-17)22(20(19)23)15(3)16-10-6-4-7-11-16/h4-15,18-19H,1-3H3/t15?,18?,19-/m0/s1. The molecule has 1 amide bonds. The Bertz CT molecular complexity index is 742. The highest BCUT2D eigenvalue weighted by molar-refractivity contribution is 5.91. The van der Waals surface area contributed by atoms with Gasteiger partial charge >= 0.3 is 5.97 Å². The van der Waals surface area contributed by atoms with Crippen LogP contribution in [0.1, 0.15) is 44.0 Å². The number of likely N-dealkylation sites (tertiary alicyclic amines) is 1. The third kappa shape index (κ3) is 3.29. The molecule has 130 valence electrons. The van der Waals surface area contributed by atoms with Gasteiger partial charge in [0.1, 0.15) is 6.04 Å². The van der Waals surface area contributed by atoms with Gasteiger partial charge in [0.05, 0.1) is 12.0 Å². The van der Waals surface area contributed by atoms with Crippen LogP contribution in [-0.4, -0.2) is 22.9 Å². The van der Waals surface area contributed by atoms with Gasteiger partial charge in [0.25, 0.3) is 5.91 Å². The van der Waals surface area contributed by atoms with Crippen LogP contribution in [0.5, 0.6) is 0 Å². The van der Waals surface area contributed by atoms with E-state index in [-0.39, 0.29) is 29.9 Å². The molecule has 0 saturated carbocycles. The molecule has 1 saturated heterocycles. The van der Waals surface area contributed by atoms with Gasteiger partial charge in [-0.3, -0.25) is 9.59 Å². The van der Waals surface area contributed by atoms with Crippen molar-refractivity contribution in [2.75, 3.05) is 0 Å². The molecule has 4 heteroatoms. The van der Waals surface area contributed by atoms with Crippen LogP contribution in [0.25, 0.3) is 0 Å². The molecule has 2 aromatic carbocycles. The van der Waals surface area contributed by atoms with E-state index in [0.717, 1.165) is 11.1 Å². The number of hydrogen-bond acceptors (Lipinski definition) is 3. The van der Waals surface area contributed by atoms with Crippen LogP contribution in [-0.2, 0) is 14.3 Å². The Morgan fingerprint density at radius 3 is 2.08 bits per heavy atom. The molecule has 0 N–H and O–H groups in total. The number of ether oxygens (including phenoxy) is 1. The predicted octanol–water partition coefficient (Wildman–Crippen LogP) is 3.90. The summed E-state index contributed by atoms with van der Waals surface area (Å²) in [7, 11) is 0. The van der Waals surface area contributed by atoms with Crippen LogP contribution in [0.2, 0.25) is 0 Å². The van der Waals surface area contributed by atoms with E-state index >= 15 is 0 Å². The summed E-state index contributed by atoms with van der Waals surface area (Å²) in [6, 6.07) is 19.3. The van der Waals surface area contributed by atoms with Crippen molar-refractivity contribution in [2.45, 2.75) is 39.0 Å². The second kappa shape index (κ2) is 7.09. The monoisotopic (exact) mass is 337 g/mol. The molecule has 1 fully saturated rings. The van der Waals surface area contributed by atoms with Crippen LogP contribution < -0.4 is 0 Å². The van der Waals surface area contributed by atoms with Crippen molar-refractivity contribution in [2.24, 2.45) is 5.92 Å². The number of rotatable bonds is 5. The molecule has 1 aliphatic rings. The van der Waals surface area contributed by atoms with E-state index in [4.69, 9.17) is 4.74 Å². The van der Waals surface area contributed by atoms with Gasteiger partial charge in [0, 0.05) is 0 Å². The van der Waals surface area contributed by atoms with E-state index in [1.807, 2.05) is 72.5 Å². The zero-order valence-corrected chi connectivity index (χ0v) is 14.8. The SMILES string of the molecule is CC(C)C(=O)O[C@@H]1C(=O)N(C(C)c2ccccc2)C1c1ccccc1. The molecule has 0 bridgehead atoms. The maximum absolute atomic E-state index is 12.8. The summed E-state index contributed by atoms with van der Waals surface area (Å²) < 4.78 is 5.51. The minimum absolute atomic E-state index is 0.0899. The smallest absolute Gasteiger partial charge is 0.309 e.